The third kappa shape index (κ3) is 4.30. The van der Waals surface area contributed by atoms with Crippen molar-refractivity contribution in [1.82, 2.24) is 9.97 Å². The molecular weight excluding hydrogens is 312 g/mol. The van der Waals surface area contributed by atoms with E-state index in [9.17, 15) is 0 Å². The first kappa shape index (κ1) is 17.4. The van der Waals surface area contributed by atoms with Crippen molar-refractivity contribution >= 4 is 23.4 Å². The lowest BCUT2D eigenvalue weighted by Crippen LogP contribution is -2.01. The van der Waals surface area contributed by atoms with E-state index in [2.05, 4.69) is 42.9 Å². The van der Waals surface area contributed by atoms with E-state index in [1.807, 2.05) is 6.20 Å². The molecule has 1 aromatic heterocycles. The predicted octanol–water partition coefficient (Wildman–Crippen LogP) is 5.82. The van der Waals surface area contributed by atoms with Crippen LogP contribution >= 0.6 is 23.4 Å². The van der Waals surface area contributed by atoms with Crippen LogP contribution in [0.2, 0.25) is 5.02 Å². The maximum Gasteiger partial charge on any atom is 0.165 e. The van der Waals surface area contributed by atoms with Gasteiger partial charge < -0.3 is 4.98 Å². The van der Waals surface area contributed by atoms with Gasteiger partial charge in [-0.1, -0.05) is 63.0 Å². The van der Waals surface area contributed by atoms with E-state index in [-0.39, 0.29) is 0 Å². The molecule has 0 unspecified atom stereocenters. The van der Waals surface area contributed by atoms with Crippen molar-refractivity contribution in [3.05, 3.63) is 45.7 Å². The molecular formula is C18H25ClN2S. The first-order chi connectivity index (χ1) is 10.7. The molecule has 1 N–H and O–H groups in total. The molecule has 0 spiro atoms. The highest BCUT2D eigenvalue weighted by molar-refractivity contribution is 7.98. The molecule has 0 aliphatic carbocycles. The van der Waals surface area contributed by atoms with Crippen LogP contribution in [0.25, 0.3) is 0 Å². The Bertz CT molecular complexity index is 607. The van der Waals surface area contributed by atoms with Gasteiger partial charge in [-0.05, 0) is 42.0 Å². The highest BCUT2D eigenvalue weighted by Gasteiger charge is 2.13. The molecule has 0 amide bonds. The Kier molecular flexibility index (Phi) is 6.84. The largest absolute Gasteiger partial charge is 0.337 e. The Morgan fingerprint density at radius 2 is 1.86 bits per heavy atom. The second kappa shape index (κ2) is 8.64. The lowest BCUT2D eigenvalue weighted by atomic mass is 9.95. The molecule has 4 heteroatoms. The van der Waals surface area contributed by atoms with Crippen LogP contribution in [-0.4, -0.2) is 9.97 Å². The van der Waals surface area contributed by atoms with Crippen LogP contribution in [0, 0.1) is 0 Å². The molecule has 0 fully saturated rings. The summed E-state index contributed by atoms with van der Waals surface area (Å²) in [6, 6.07) is 4.26. The Morgan fingerprint density at radius 3 is 2.50 bits per heavy atom. The third-order valence-electron chi connectivity index (χ3n) is 3.83. The van der Waals surface area contributed by atoms with Crippen molar-refractivity contribution in [1.29, 1.82) is 0 Å². The molecule has 0 saturated carbocycles. The van der Waals surface area contributed by atoms with Gasteiger partial charge in [-0.3, -0.25) is 0 Å². The predicted molar refractivity (Wildman–Crippen MR) is 97.0 cm³/mol. The minimum absolute atomic E-state index is 0.877. The standard InChI is InChI=1S/C18H25ClN2S/c1-4-7-13-9-10-17(19)16(15(13)8-5-2)12-22-18-20-11-14(6-3)21-18/h9-11H,4-8,12H2,1-3H3,(H,20,21). The number of nitrogens with zero attached hydrogens (tertiary/aromatic N) is 1. The van der Waals surface area contributed by atoms with Crippen LogP contribution in [0.1, 0.15) is 56.0 Å². The summed E-state index contributed by atoms with van der Waals surface area (Å²) in [5.41, 5.74) is 5.38. The SMILES string of the molecule is CCCc1ccc(Cl)c(CSc2ncc(CC)[nH]2)c1CCC. The van der Waals surface area contributed by atoms with Gasteiger partial charge in [-0.15, -0.1) is 0 Å². The number of hydrogen-bond donors (Lipinski definition) is 1. The minimum atomic E-state index is 0.877. The normalized spacial score (nSPS) is 11.1. The van der Waals surface area contributed by atoms with Crippen LogP contribution in [-0.2, 0) is 25.0 Å². The fraction of sp³-hybridized carbons (Fsp3) is 0.500. The fourth-order valence-corrected chi connectivity index (χ4v) is 3.93. The van der Waals surface area contributed by atoms with E-state index < -0.39 is 0 Å². The van der Waals surface area contributed by atoms with Gasteiger partial charge in [0.1, 0.15) is 0 Å². The molecule has 0 radical (unpaired) electrons. The Morgan fingerprint density at radius 1 is 1.09 bits per heavy atom. The monoisotopic (exact) mass is 336 g/mol. The minimum Gasteiger partial charge on any atom is -0.337 e. The maximum atomic E-state index is 6.49. The molecule has 0 atom stereocenters. The number of nitrogens with one attached hydrogen (secondary N) is 1. The van der Waals surface area contributed by atoms with Crippen LogP contribution in [0.3, 0.4) is 0 Å². The molecule has 2 nitrogen and oxygen atoms in total. The molecule has 22 heavy (non-hydrogen) atoms. The van der Waals surface area contributed by atoms with Crippen molar-refractivity contribution in [2.75, 3.05) is 0 Å². The number of aryl methyl sites for hydroxylation is 2. The summed E-state index contributed by atoms with van der Waals surface area (Å²) in [6.45, 7) is 6.59. The average molecular weight is 337 g/mol. The molecule has 0 aliphatic rings. The molecule has 1 aromatic carbocycles. The molecule has 120 valence electrons. The van der Waals surface area contributed by atoms with Crippen molar-refractivity contribution < 1.29 is 0 Å². The Balaban J connectivity index is 2.22. The number of thioether (sulfide) groups is 1. The number of halogens is 1. The second-order valence-electron chi connectivity index (χ2n) is 5.52. The fourth-order valence-electron chi connectivity index (χ4n) is 2.67. The molecule has 0 bridgehead atoms. The van der Waals surface area contributed by atoms with E-state index in [4.69, 9.17) is 11.6 Å². The first-order valence-corrected chi connectivity index (χ1v) is 9.51. The first-order valence-electron chi connectivity index (χ1n) is 8.15. The smallest absolute Gasteiger partial charge is 0.165 e. The van der Waals surface area contributed by atoms with Gasteiger partial charge in [0.2, 0.25) is 0 Å². The number of H-pyrrole nitrogens is 1. The number of rotatable bonds is 8. The molecule has 0 saturated heterocycles. The quantitative estimate of drug-likeness (QED) is 0.615. The van der Waals surface area contributed by atoms with Crippen LogP contribution < -0.4 is 0 Å². The van der Waals surface area contributed by atoms with Gasteiger partial charge in [0, 0.05) is 22.7 Å². The topological polar surface area (TPSA) is 28.7 Å². The van der Waals surface area contributed by atoms with E-state index in [1.54, 1.807) is 11.8 Å². The summed E-state index contributed by atoms with van der Waals surface area (Å²) in [5, 5.41) is 1.87. The van der Waals surface area contributed by atoms with Gasteiger partial charge >= 0.3 is 0 Å². The Hall–Kier alpha value is -0.930. The zero-order valence-corrected chi connectivity index (χ0v) is 15.3. The van der Waals surface area contributed by atoms with Crippen molar-refractivity contribution in [2.24, 2.45) is 0 Å². The van der Waals surface area contributed by atoms with Gasteiger partial charge in [-0.2, -0.15) is 0 Å². The van der Waals surface area contributed by atoms with Crippen molar-refractivity contribution in [3.63, 3.8) is 0 Å². The number of benzene rings is 1. The van der Waals surface area contributed by atoms with E-state index in [1.165, 1.54) is 28.8 Å². The average Bonchev–Trinajstić information content (AvgIpc) is 2.98. The van der Waals surface area contributed by atoms with Crippen molar-refractivity contribution in [3.8, 4) is 0 Å². The third-order valence-corrected chi connectivity index (χ3v) is 5.10. The number of hydrogen-bond acceptors (Lipinski definition) is 2. The lowest BCUT2D eigenvalue weighted by molar-refractivity contribution is 0.852. The van der Waals surface area contributed by atoms with E-state index in [0.717, 1.165) is 41.6 Å². The van der Waals surface area contributed by atoms with E-state index in [0.29, 0.717) is 0 Å². The van der Waals surface area contributed by atoms with Gasteiger partial charge in [0.05, 0.1) is 0 Å². The summed E-state index contributed by atoms with van der Waals surface area (Å²) in [4.78, 5) is 7.78. The zero-order valence-electron chi connectivity index (χ0n) is 13.7. The lowest BCUT2D eigenvalue weighted by Gasteiger charge is -2.15. The second-order valence-corrected chi connectivity index (χ2v) is 6.89. The summed E-state index contributed by atoms with van der Waals surface area (Å²) in [5.74, 6) is 0.877. The molecule has 2 rings (SSSR count). The maximum absolute atomic E-state index is 6.49. The van der Waals surface area contributed by atoms with Crippen LogP contribution in [0.4, 0.5) is 0 Å². The summed E-state index contributed by atoms with van der Waals surface area (Å²) in [7, 11) is 0. The van der Waals surface area contributed by atoms with E-state index >= 15 is 0 Å². The number of imidazole rings is 1. The molecule has 2 aromatic rings. The zero-order chi connectivity index (χ0) is 15.9. The highest BCUT2D eigenvalue weighted by Crippen LogP contribution is 2.31. The number of aromatic amines is 1. The van der Waals surface area contributed by atoms with Gasteiger partial charge in [0.15, 0.2) is 5.16 Å². The molecule has 1 heterocycles. The van der Waals surface area contributed by atoms with Gasteiger partial charge in [0.25, 0.3) is 0 Å². The molecule has 0 aliphatic heterocycles. The van der Waals surface area contributed by atoms with Crippen LogP contribution in [0.15, 0.2) is 23.5 Å². The van der Waals surface area contributed by atoms with Crippen LogP contribution in [0.5, 0.6) is 0 Å². The van der Waals surface area contributed by atoms with Gasteiger partial charge in [-0.25, -0.2) is 4.98 Å². The van der Waals surface area contributed by atoms with Crippen molar-refractivity contribution in [2.45, 2.75) is 63.8 Å². The summed E-state index contributed by atoms with van der Waals surface area (Å²) < 4.78 is 0. The number of aromatic nitrogens is 2. The Labute approximate surface area is 143 Å². The summed E-state index contributed by atoms with van der Waals surface area (Å²) >= 11 is 8.23. The highest BCUT2D eigenvalue weighted by atomic mass is 35.5. The summed E-state index contributed by atoms with van der Waals surface area (Å²) in [6.07, 6.45) is 7.46.